The Bertz CT molecular complexity index is 329. The molecule has 19 heavy (non-hydrogen) atoms. The Morgan fingerprint density at radius 1 is 1.26 bits per heavy atom. The molecule has 3 heterocycles. The summed E-state index contributed by atoms with van der Waals surface area (Å²) in [6, 6.07) is 0. The van der Waals surface area contributed by atoms with E-state index in [-0.39, 0.29) is 17.4 Å². The minimum atomic E-state index is -0.0611. The van der Waals surface area contributed by atoms with Gasteiger partial charge in [0.2, 0.25) is 0 Å². The first-order valence-electron chi connectivity index (χ1n) is 7.66. The summed E-state index contributed by atoms with van der Waals surface area (Å²) in [7, 11) is 0. The molecule has 3 rings (SSSR count). The van der Waals surface area contributed by atoms with E-state index in [2.05, 4.69) is 12.2 Å². The molecule has 108 valence electrons. The second-order valence-corrected chi connectivity index (χ2v) is 6.44. The molecule has 4 nitrogen and oxygen atoms in total. The van der Waals surface area contributed by atoms with Crippen LogP contribution in [0.25, 0.3) is 0 Å². The van der Waals surface area contributed by atoms with E-state index in [1.54, 1.807) is 0 Å². The third-order valence-electron chi connectivity index (χ3n) is 5.27. The Kier molecular flexibility index (Phi) is 3.92. The lowest BCUT2D eigenvalue weighted by molar-refractivity contribution is -0.159. The van der Waals surface area contributed by atoms with Crippen molar-refractivity contribution in [3.63, 3.8) is 0 Å². The molecule has 3 aliphatic heterocycles. The molecule has 3 fully saturated rings. The Balaban J connectivity index is 1.62. The highest BCUT2D eigenvalue weighted by molar-refractivity contribution is 5.83. The zero-order chi connectivity index (χ0) is 13.3. The fourth-order valence-corrected chi connectivity index (χ4v) is 3.63. The lowest BCUT2D eigenvalue weighted by atomic mass is 9.74. The average Bonchev–Trinajstić information content (AvgIpc) is 2.37. The summed E-state index contributed by atoms with van der Waals surface area (Å²) in [5.41, 5.74) is -0.0611. The van der Waals surface area contributed by atoms with Crippen molar-refractivity contribution in [2.75, 3.05) is 32.9 Å². The van der Waals surface area contributed by atoms with Crippen molar-refractivity contribution in [3.8, 4) is 0 Å². The van der Waals surface area contributed by atoms with Crippen LogP contribution in [-0.2, 0) is 14.3 Å². The lowest BCUT2D eigenvalue weighted by Crippen LogP contribution is -2.51. The second kappa shape index (κ2) is 5.51. The predicted molar refractivity (Wildman–Crippen MR) is 72.0 cm³/mol. The average molecular weight is 267 g/mol. The standard InChI is InChI=1S/C15H25NO3/c1-11(13-9-16-10-13)14(17)12-2-5-19-15(8-12)3-6-18-7-4-15/h11-13,16H,2-10H2,1H3. The molecule has 0 radical (unpaired) electrons. The van der Waals surface area contributed by atoms with Crippen LogP contribution in [-0.4, -0.2) is 44.3 Å². The second-order valence-electron chi connectivity index (χ2n) is 6.44. The molecule has 0 bridgehead atoms. The molecule has 0 aliphatic carbocycles. The Morgan fingerprint density at radius 3 is 2.63 bits per heavy atom. The van der Waals surface area contributed by atoms with Gasteiger partial charge < -0.3 is 14.8 Å². The molecule has 0 aromatic rings. The van der Waals surface area contributed by atoms with Crippen molar-refractivity contribution in [2.45, 2.75) is 38.2 Å². The van der Waals surface area contributed by atoms with Gasteiger partial charge in [0.05, 0.1) is 5.60 Å². The van der Waals surface area contributed by atoms with Crippen molar-refractivity contribution in [2.24, 2.45) is 17.8 Å². The van der Waals surface area contributed by atoms with Crippen molar-refractivity contribution in [3.05, 3.63) is 0 Å². The van der Waals surface area contributed by atoms with E-state index in [0.29, 0.717) is 11.7 Å². The third-order valence-corrected chi connectivity index (χ3v) is 5.27. The Hall–Kier alpha value is -0.450. The fourth-order valence-electron chi connectivity index (χ4n) is 3.63. The van der Waals surface area contributed by atoms with Gasteiger partial charge in [0.15, 0.2) is 0 Å². The molecule has 0 aromatic heterocycles. The number of carbonyl (C=O) groups is 1. The molecular weight excluding hydrogens is 242 g/mol. The SMILES string of the molecule is CC(C(=O)C1CCOC2(CCOCC2)C1)C1CNC1. The van der Waals surface area contributed by atoms with Crippen molar-refractivity contribution in [1.29, 1.82) is 0 Å². The topological polar surface area (TPSA) is 47.6 Å². The van der Waals surface area contributed by atoms with E-state index in [1.807, 2.05) is 0 Å². The summed E-state index contributed by atoms with van der Waals surface area (Å²) in [6.07, 6.45) is 3.73. The highest BCUT2D eigenvalue weighted by atomic mass is 16.5. The zero-order valence-electron chi connectivity index (χ0n) is 11.8. The van der Waals surface area contributed by atoms with Crippen LogP contribution in [0.2, 0.25) is 0 Å². The monoisotopic (exact) mass is 267 g/mol. The first kappa shape index (κ1) is 13.5. The molecule has 2 atom stereocenters. The largest absolute Gasteiger partial charge is 0.381 e. The molecule has 2 unspecified atom stereocenters. The van der Waals surface area contributed by atoms with Crippen LogP contribution in [0.15, 0.2) is 0 Å². The Morgan fingerprint density at radius 2 is 2.00 bits per heavy atom. The maximum atomic E-state index is 12.6. The molecule has 1 spiro atoms. The van der Waals surface area contributed by atoms with E-state index >= 15 is 0 Å². The maximum Gasteiger partial charge on any atom is 0.139 e. The van der Waals surface area contributed by atoms with Crippen LogP contribution < -0.4 is 5.32 Å². The van der Waals surface area contributed by atoms with Gasteiger partial charge in [0.25, 0.3) is 0 Å². The van der Waals surface area contributed by atoms with Crippen LogP contribution >= 0.6 is 0 Å². The fraction of sp³-hybridized carbons (Fsp3) is 0.933. The van der Waals surface area contributed by atoms with Gasteiger partial charge in [-0.25, -0.2) is 0 Å². The first-order valence-corrected chi connectivity index (χ1v) is 7.66. The summed E-state index contributed by atoms with van der Waals surface area (Å²) in [4.78, 5) is 12.6. The lowest BCUT2D eigenvalue weighted by Gasteiger charge is -2.44. The zero-order valence-corrected chi connectivity index (χ0v) is 11.8. The van der Waals surface area contributed by atoms with Gasteiger partial charge in [0, 0.05) is 31.7 Å². The first-order chi connectivity index (χ1) is 9.20. The van der Waals surface area contributed by atoms with Crippen molar-refractivity contribution < 1.29 is 14.3 Å². The van der Waals surface area contributed by atoms with E-state index in [0.717, 1.165) is 58.6 Å². The Labute approximate surface area is 115 Å². The van der Waals surface area contributed by atoms with Crippen molar-refractivity contribution in [1.82, 2.24) is 5.32 Å². The van der Waals surface area contributed by atoms with Crippen LogP contribution in [0, 0.1) is 17.8 Å². The number of ketones is 1. The molecule has 3 aliphatic rings. The number of Topliss-reactive ketones (excluding diaryl/α,β-unsaturated/α-hetero) is 1. The number of hydrogen-bond donors (Lipinski definition) is 1. The normalized spacial score (nSPS) is 32.8. The van der Waals surface area contributed by atoms with E-state index in [1.165, 1.54) is 0 Å². The third kappa shape index (κ3) is 2.71. The highest BCUT2D eigenvalue weighted by Crippen LogP contribution is 2.38. The van der Waals surface area contributed by atoms with Crippen molar-refractivity contribution >= 4 is 5.78 Å². The van der Waals surface area contributed by atoms with E-state index in [9.17, 15) is 4.79 Å². The number of rotatable bonds is 3. The summed E-state index contributed by atoms with van der Waals surface area (Å²) < 4.78 is 11.5. The minimum Gasteiger partial charge on any atom is -0.381 e. The van der Waals surface area contributed by atoms with Gasteiger partial charge in [-0.1, -0.05) is 6.92 Å². The highest BCUT2D eigenvalue weighted by Gasteiger charge is 2.43. The summed E-state index contributed by atoms with van der Waals surface area (Å²) in [6.45, 7) is 6.43. The van der Waals surface area contributed by atoms with Gasteiger partial charge in [-0.2, -0.15) is 0 Å². The van der Waals surface area contributed by atoms with Gasteiger partial charge in [-0.05, 0) is 44.7 Å². The summed E-state index contributed by atoms with van der Waals surface area (Å²) in [5, 5.41) is 3.26. The number of ether oxygens (including phenoxy) is 2. The number of carbonyl (C=O) groups excluding carboxylic acids is 1. The van der Waals surface area contributed by atoms with E-state index < -0.39 is 0 Å². The molecule has 4 heteroatoms. The smallest absolute Gasteiger partial charge is 0.139 e. The molecule has 0 saturated carbocycles. The number of hydrogen-bond acceptors (Lipinski definition) is 4. The van der Waals surface area contributed by atoms with Gasteiger partial charge in [-0.3, -0.25) is 4.79 Å². The molecule has 3 saturated heterocycles. The van der Waals surface area contributed by atoms with Crippen LogP contribution in [0.1, 0.15) is 32.6 Å². The maximum absolute atomic E-state index is 12.6. The molecule has 1 N–H and O–H groups in total. The van der Waals surface area contributed by atoms with Crippen LogP contribution in [0.4, 0.5) is 0 Å². The summed E-state index contributed by atoms with van der Waals surface area (Å²) >= 11 is 0. The minimum absolute atomic E-state index is 0.0611. The summed E-state index contributed by atoms with van der Waals surface area (Å²) in [5.74, 6) is 1.45. The van der Waals surface area contributed by atoms with Crippen LogP contribution in [0.5, 0.6) is 0 Å². The van der Waals surface area contributed by atoms with Gasteiger partial charge in [0.1, 0.15) is 5.78 Å². The predicted octanol–water partition coefficient (Wildman–Crippen LogP) is 1.39. The molecular formula is C15H25NO3. The molecule has 0 amide bonds. The van der Waals surface area contributed by atoms with Gasteiger partial charge >= 0.3 is 0 Å². The van der Waals surface area contributed by atoms with E-state index in [4.69, 9.17) is 9.47 Å². The van der Waals surface area contributed by atoms with Crippen LogP contribution in [0.3, 0.4) is 0 Å². The number of nitrogens with one attached hydrogen (secondary N) is 1. The quantitative estimate of drug-likeness (QED) is 0.839. The van der Waals surface area contributed by atoms with Gasteiger partial charge in [-0.15, -0.1) is 0 Å². The molecule has 0 aromatic carbocycles.